The molecular formula is C16H17ClN2O6S. The van der Waals surface area contributed by atoms with E-state index in [2.05, 4.69) is 5.16 Å². The van der Waals surface area contributed by atoms with Crippen LogP contribution in [0.5, 0.6) is 0 Å². The van der Waals surface area contributed by atoms with Gasteiger partial charge in [-0.2, -0.15) is 4.31 Å². The fraction of sp³-hybridized carbons (Fsp3) is 0.375. The summed E-state index contributed by atoms with van der Waals surface area (Å²) in [6.45, 7) is 2.74. The number of hydrogen-bond acceptors (Lipinski definition) is 7. The topological polar surface area (TPSA) is 98.9 Å². The van der Waals surface area contributed by atoms with Crippen molar-refractivity contribution in [3.05, 3.63) is 46.3 Å². The molecule has 0 saturated carbocycles. The van der Waals surface area contributed by atoms with E-state index in [1.807, 2.05) is 0 Å². The van der Waals surface area contributed by atoms with Gasteiger partial charge in [-0.1, -0.05) is 16.8 Å². The summed E-state index contributed by atoms with van der Waals surface area (Å²) in [5.74, 6) is -0.0813. The Kier molecular flexibility index (Phi) is 5.61. The van der Waals surface area contributed by atoms with Crippen LogP contribution in [0.25, 0.3) is 0 Å². The average molecular weight is 401 g/mol. The Morgan fingerprint density at radius 1 is 1.31 bits per heavy atom. The van der Waals surface area contributed by atoms with Crippen molar-refractivity contribution in [2.45, 2.75) is 18.4 Å². The van der Waals surface area contributed by atoms with Gasteiger partial charge >= 0.3 is 5.97 Å². The van der Waals surface area contributed by atoms with Gasteiger partial charge < -0.3 is 14.0 Å². The summed E-state index contributed by atoms with van der Waals surface area (Å²) in [6.07, 6.45) is 0. The van der Waals surface area contributed by atoms with Crippen molar-refractivity contribution in [2.75, 3.05) is 26.3 Å². The number of rotatable bonds is 5. The van der Waals surface area contributed by atoms with Gasteiger partial charge in [0.1, 0.15) is 23.0 Å². The number of carbonyl (C=O) groups excluding carboxylic acids is 1. The largest absolute Gasteiger partial charge is 0.455 e. The smallest absolute Gasteiger partial charge is 0.338 e. The van der Waals surface area contributed by atoms with E-state index in [0.717, 1.165) is 0 Å². The second kappa shape index (κ2) is 7.75. The molecule has 26 heavy (non-hydrogen) atoms. The second-order valence-corrected chi connectivity index (χ2v) is 7.98. The summed E-state index contributed by atoms with van der Waals surface area (Å²) in [5, 5.41) is 3.77. The Bertz CT molecular complexity index is 905. The first-order valence-electron chi connectivity index (χ1n) is 7.84. The third-order valence-corrected chi connectivity index (χ3v) is 6.16. The molecule has 1 aliphatic heterocycles. The van der Waals surface area contributed by atoms with Gasteiger partial charge in [0.25, 0.3) is 0 Å². The predicted molar refractivity (Wildman–Crippen MR) is 91.4 cm³/mol. The molecular weight excluding hydrogens is 384 g/mol. The highest BCUT2D eigenvalue weighted by Gasteiger charge is 2.29. The van der Waals surface area contributed by atoms with E-state index in [9.17, 15) is 13.2 Å². The Morgan fingerprint density at radius 3 is 2.69 bits per heavy atom. The molecule has 1 saturated heterocycles. The van der Waals surface area contributed by atoms with E-state index in [-0.39, 0.29) is 35.2 Å². The molecule has 1 fully saturated rings. The highest BCUT2D eigenvalue weighted by molar-refractivity contribution is 7.89. The van der Waals surface area contributed by atoms with Crippen LogP contribution in [0.15, 0.2) is 33.7 Å². The molecule has 1 aromatic heterocycles. The molecule has 2 heterocycles. The Morgan fingerprint density at radius 2 is 2.04 bits per heavy atom. The van der Waals surface area contributed by atoms with Crippen LogP contribution in [0.2, 0.25) is 5.02 Å². The lowest BCUT2D eigenvalue weighted by atomic mass is 10.2. The lowest BCUT2D eigenvalue weighted by Gasteiger charge is -2.26. The number of benzene rings is 1. The maximum atomic E-state index is 12.8. The van der Waals surface area contributed by atoms with Gasteiger partial charge in [-0.3, -0.25) is 0 Å². The van der Waals surface area contributed by atoms with Crippen LogP contribution in [-0.4, -0.2) is 50.2 Å². The number of ether oxygens (including phenoxy) is 2. The minimum atomic E-state index is -3.83. The Labute approximate surface area is 155 Å². The summed E-state index contributed by atoms with van der Waals surface area (Å²) in [4.78, 5) is 12.1. The third-order valence-electron chi connectivity index (χ3n) is 3.78. The fourth-order valence-corrected chi connectivity index (χ4v) is 4.37. The molecule has 140 valence electrons. The monoisotopic (exact) mass is 400 g/mol. The number of hydrogen-bond donors (Lipinski definition) is 0. The number of esters is 1. The highest BCUT2D eigenvalue weighted by atomic mass is 35.5. The maximum Gasteiger partial charge on any atom is 0.338 e. The van der Waals surface area contributed by atoms with Crippen LogP contribution in [-0.2, 0) is 26.1 Å². The number of halogens is 1. The molecule has 3 rings (SSSR count). The molecule has 1 aliphatic rings. The number of sulfonamides is 1. The molecule has 0 N–H and O–H groups in total. The minimum Gasteiger partial charge on any atom is -0.455 e. The number of carbonyl (C=O) groups is 1. The summed E-state index contributed by atoms with van der Waals surface area (Å²) >= 11 is 6.07. The molecule has 0 radical (unpaired) electrons. The van der Waals surface area contributed by atoms with Crippen LogP contribution >= 0.6 is 11.6 Å². The quantitative estimate of drug-likeness (QED) is 0.708. The molecule has 0 aliphatic carbocycles. The standard InChI is InChI=1S/C16H17ClN2O6S/c1-11-8-13(18-25-11)10-24-16(20)12-2-3-14(17)15(9-12)26(21,22)19-4-6-23-7-5-19/h2-3,8-9H,4-7,10H2,1H3. The van der Waals surface area contributed by atoms with Crippen LogP contribution in [0.1, 0.15) is 21.8 Å². The first kappa shape index (κ1) is 18.8. The zero-order chi connectivity index (χ0) is 18.7. The third kappa shape index (κ3) is 4.07. The number of nitrogens with zero attached hydrogens (tertiary/aromatic N) is 2. The predicted octanol–water partition coefficient (Wildman–Crippen LogP) is 2.01. The number of morpholine rings is 1. The van der Waals surface area contributed by atoms with Crippen molar-refractivity contribution < 1.29 is 27.2 Å². The van der Waals surface area contributed by atoms with E-state index >= 15 is 0 Å². The van der Waals surface area contributed by atoms with E-state index in [4.69, 9.17) is 25.6 Å². The number of aromatic nitrogens is 1. The van der Waals surface area contributed by atoms with Crippen molar-refractivity contribution >= 4 is 27.6 Å². The van der Waals surface area contributed by atoms with Crippen molar-refractivity contribution in [3.8, 4) is 0 Å². The minimum absolute atomic E-state index is 0.0418. The Hall–Kier alpha value is -1.94. The van der Waals surface area contributed by atoms with Gasteiger partial charge in [0.2, 0.25) is 10.0 Å². The summed E-state index contributed by atoms with van der Waals surface area (Å²) in [7, 11) is -3.83. The van der Waals surface area contributed by atoms with Crippen molar-refractivity contribution in [1.82, 2.24) is 9.46 Å². The maximum absolute atomic E-state index is 12.8. The molecule has 8 nitrogen and oxygen atoms in total. The van der Waals surface area contributed by atoms with Crippen LogP contribution < -0.4 is 0 Å². The molecule has 2 aromatic rings. The summed E-state index contributed by atoms with van der Waals surface area (Å²) in [6, 6.07) is 5.65. The molecule has 0 unspecified atom stereocenters. The van der Waals surface area contributed by atoms with Gasteiger partial charge in [0.15, 0.2) is 0 Å². The Balaban J connectivity index is 1.79. The highest BCUT2D eigenvalue weighted by Crippen LogP contribution is 2.27. The van der Waals surface area contributed by atoms with Crippen LogP contribution in [0, 0.1) is 6.92 Å². The lowest BCUT2D eigenvalue weighted by molar-refractivity contribution is 0.0464. The molecule has 0 bridgehead atoms. The van der Waals surface area contributed by atoms with Crippen molar-refractivity contribution in [3.63, 3.8) is 0 Å². The molecule has 10 heteroatoms. The molecule has 0 atom stereocenters. The SMILES string of the molecule is Cc1cc(COC(=O)c2ccc(Cl)c(S(=O)(=O)N3CCOCC3)c2)no1. The lowest BCUT2D eigenvalue weighted by Crippen LogP contribution is -2.40. The van der Waals surface area contributed by atoms with Gasteiger partial charge in [-0.25, -0.2) is 13.2 Å². The molecule has 1 aromatic carbocycles. The zero-order valence-electron chi connectivity index (χ0n) is 14.0. The van der Waals surface area contributed by atoms with Crippen LogP contribution in [0.4, 0.5) is 0 Å². The van der Waals surface area contributed by atoms with E-state index in [1.165, 1.54) is 22.5 Å². The number of aryl methyl sites for hydroxylation is 1. The average Bonchev–Trinajstić information content (AvgIpc) is 3.06. The normalized spacial score (nSPS) is 15.8. The van der Waals surface area contributed by atoms with Crippen LogP contribution in [0.3, 0.4) is 0 Å². The van der Waals surface area contributed by atoms with Gasteiger partial charge in [0, 0.05) is 19.2 Å². The second-order valence-electron chi connectivity index (χ2n) is 5.67. The van der Waals surface area contributed by atoms with Crippen molar-refractivity contribution in [2.24, 2.45) is 0 Å². The summed E-state index contributed by atoms with van der Waals surface area (Å²) < 4.78 is 42.1. The van der Waals surface area contributed by atoms with Gasteiger partial charge in [0.05, 0.1) is 23.8 Å². The summed E-state index contributed by atoms with van der Waals surface area (Å²) in [5.41, 5.74) is 0.549. The van der Waals surface area contributed by atoms with Gasteiger partial charge in [-0.05, 0) is 25.1 Å². The first-order valence-corrected chi connectivity index (χ1v) is 9.66. The van der Waals surface area contributed by atoms with E-state index in [0.29, 0.717) is 24.7 Å². The van der Waals surface area contributed by atoms with E-state index in [1.54, 1.807) is 13.0 Å². The van der Waals surface area contributed by atoms with Gasteiger partial charge in [-0.15, -0.1) is 0 Å². The van der Waals surface area contributed by atoms with E-state index < -0.39 is 16.0 Å². The zero-order valence-corrected chi connectivity index (χ0v) is 15.5. The first-order chi connectivity index (χ1) is 12.4. The fourth-order valence-electron chi connectivity index (χ4n) is 2.46. The molecule has 0 amide bonds. The van der Waals surface area contributed by atoms with Crippen molar-refractivity contribution in [1.29, 1.82) is 0 Å². The molecule has 0 spiro atoms.